The summed E-state index contributed by atoms with van der Waals surface area (Å²) in [5.41, 5.74) is 5.18. The highest BCUT2D eigenvalue weighted by Gasteiger charge is 2.10. The van der Waals surface area contributed by atoms with Gasteiger partial charge in [0.25, 0.3) is 0 Å². The smallest absolute Gasteiger partial charge is 0.227 e. The molecule has 2 heterocycles. The summed E-state index contributed by atoms with van der Waals surface area (Å²) in [6.07, 6.45) is 1.32. The van der Waals surface area contributed by atoms with Crippen molar-refractivity contribution in [1.29, 1.82) is 0 Å². The Labute approximate surface area is 105 Å². The third-order valence-electron chi connectivity index (χ3n) is 2.82. The van der Waals surface area contributed by atoms with Gasteiger partial charge < -0.3 is 19.6 Å². The minimum absolute atomic E-state index is 0.191. The lowest BCUT2D eigenvalue weighted by atomic mass is 10.3. The number of hydrogen-bond donors (Lipinski definition) is 1. The summed E-state index contributed by atoms with van der Waals surface area (Å²) >= 11 is 0. The Bertz CT molecular complexity index is 426. The molecule has 1 aromatic rings. The molecule has 0 saturated carbocycles. The Morgan fingerprint density at radius 3 is 2.83 bits per heavy atom. The third kappa shape index (κ3) is 3.56. The summed E-state index contributed by atoms with van der Waals surface area (Å²) in [6.45, 7) is 4.78. The van der Waals surface area contributed by atoms with Gasteiger partial charge in [0.2, 0.25) is 11.2 Å². The minimum atomic E-state index is -0.191. The topological polar surface area (TPSA) is 77.9 Å². The first-order valence-electron chi connectivity index (χ1n) is 6.04. The van der Waals surface area contributed by atoms with Gasteiger partial charge in [-0.1, -0.05) is 0 Å². The van der Waals surface area contributed by atoms with Crippen LogP contribution in [0.1, 0.15) is 5.76 Å². The van der Waals surface area contributed by atoms with Crippen LogP contribution < -0.4 is 15.9 Å². The Kier molecular flexibility index (Phi) is 4.74. The average molecular weight is 254 g/mol. The van der Waals surface area contributed by atoms with Crippen molar-refractivity contribution in [2.24, 2.45) is 5.73 Å². The van der Waals surface area contributed by atoms with Crippen LogP contribution in [0.3, 0.4) is 0 Å². The molecule has 2 N–H and O–H groups in total. The fraction of sp³-hybridized carbons (Fsp3) is 0.583. The second-order valence-electron chi connectivity index (χ2n) is 4.08. The monoisotopic (exact) mass is 254 g/mol. The molecule has 0 aliphatic carbocycles. The van der Waals surface area contributed by atoms with Gasteiger partial charge in [-0.15, -0.1) is 0 Å². The minimum Gasteiger partial charge on any atom is -0.485 e. The molecule has 0 amide bonds. The quantitative estimate of drug-likeness (QED) is 0.784. The van der Waals surface area contributed by atoms with Crippen LogP contribution in [-0.2, 0) is 11.3 Å². The first-order valence-corrected chi connectivity index (χ1v) is 6.04. The van der Waals surface area contributed by atoms with Gasteiger partial charge in [0.1, 0.15) is 18.6 Å². The molecule has 1 fully saturated rings. The standard InChI is InChI=1S/C12H18N2O4/c13-8-10-7-11(15)12(9-18-10)17-6-3-14-1-4-16-5-2-14/h7,9H,1-6,8,13H2. The van der Waals surface area contributed by atoms with Crippen molar-refractivity contribution in [3.05, 3.63) is 28.3 Å². The van der Waals surface area contributed by atoms with Gasteiger partial charge in [0.05, 0.1) is 19.8 Å². The molecule has 18 heavy (non-hydrogen) atoms. The molecule has 1 aliphatic rings. The second kappa shape index (κ2) is 6.53. The van der Waals surface area contributed by atoms with Crippen LogP contribution in [0, 0.1) is 0 Å². The van der Waals surface area contributed by atoms with Gasteiger partial charge in [-0.3, -0.25) is 9.69 Å². The largest absolute Gasteiger partial charge is 0.485 e. The predicted molar refractivity (Wildman–Crippen MR) is 65.6 cm³/mol. The molecule has 0 aromatic carbocycles. The first kappa shape index (κ1) is 13.1. The molecule has 1 aliphatic heterocycles. The lowest BCUT2D eigenvalue weighted by molar-refractivity contribution is 0.0320. The third-order valence-corrected chi connectivity index (χ3v) is 2.82. The fourth-order valence-electron chi connectivity index (χ4n) is 1.76. The molecule has 6 heteroatoms. The summed E-state index contributed by atoms with van der Waals surface area (Å²) in [7, 11) is 0. The number of rotatable bonds is 5. The summed E-state index contributed by atoms with van der Waals surface area (Å²) in [5, 5.41) is 0. The van der Waals surface area contributed by atoms with Crippen LogP contribution in [0.2, 0.25) is 0 Å². The highest BCUT2D eigenvalue weighted by molar-refractivity contribution is 5.17. The average Bonchev–Trinajstić information content (AvgIpc) is 2.42. The number of hydrogen-bond acceptors (Lipinski definition) is 6. The maximum absolute atomic E-state index is 11.6. The van der Waals surface area contributed by atoms with Crippen molar-refractivity contribution >= 4 is 0 Å². The molecule has 2 rings (SSSR count). The number of nitrogens with zero attached hydrogens (tertiary/aromatic N) is 1. The van der Waals surface area contributed by atoms with Gasteiger partial charge in [-0.25, -0.2) is 0 Å². The molecule has 0 radical (unpaired) electrons. The second-order valence-corrected chi connectivity index (χ2v) is 4.08. The van der Waals surface area contributed by atoms with E-state index in [2.05, 4.69) is 4.90 Å². The lowest BCUT2D eigenvalue weighted by Gasteiger charge is -2.26. The highest BCUT2D eigenvalue weighted by Crippen LogP contribution is 2.05. The van der Waals surface area contributed by atoms with Gasteiger partial charge >= 0.3 is 0 Å². The summed E-state index contributed by atoms with van der Waals surface area (Å²) < 4.78 is 15.8. The van der Waals surface area contributed by atoms with Gasteiger partial charge in [0, 0.05) is 25.7 Å². The SMILES string of the molecule is NCc1cc(=O)c(OCCN2CCOCC2)co1. The molecular weight excluding hydrogens is 236 g/mol. The van der Waals surface area contributed by atoms with E-state index in [1.54, 1.807) is 0 Å². The van der Waals surface area contributed by atoms with Crippen LogP contribution in [0.4, 0.5) is 0 Å². The first-order chi connectivity index (χ1) is 8.79. The van der Waals surface area contributed by atoms with E-state index in [0.29, 0.717) is 12.4 Å². The van der Waals surface area contributed by atoms with E-state index in [1.807, 2.05) is 0 Å². The van der Waals surface area contributed by atoms with E-state index in [4.69, 9.17) is 19.6 Å². The molecule has 1 saturated heterocycles. The van der Waals surface area contributed by atoms with Crippen molar-refractivity contribution in [3.63, 3.8) is 0 Å². The predicted octanol–water partition coefficient (Wildman–Crippen LogP) is -0.190. The van der Waals surface area contributed by atoms with Gasteiger partial charge in [-0.2, -0.15) is 0 Å². The Morgan fingerprint density at radius 1 is 1.39 bits per heavy atom. The molecular formula is C12H18N2O4. The molecule has 0 unspecified atom stereocenters. The van der Waals surface area contributed by atoms with Crippen LogP contribution >= 0.6 is 0 Å². The van der Waals surface area contributed by atoms with Crippen molar-refractivity contribution in [2.45, 2.75) is 6.54 Å². The molecule has 0 atom stereocenters. The Balaban J connectivity index is 1.80. The zero-order valence-corrected chi connectivity index (χ0v) is 10.3. The van der Waals surface area contributed by atoms with Crippen molar-refractivity contribution in [3.8, 4) is 5.75 Å². The molecule has 0 bridgehead atoms. The maximum Gasteiger partial charge on any atom is 0.227 e. The van der Waals surface area contributed by atoms with Crippen molar-refractivity contribution < 1.29 is 13.9 Å². The van der Waals surface area contributed by atoms with Crippen molar-refractivity contribution in [2.75, 3.05) is 39.5 Å². The van der Waals surface area contributed by atoms with Crippen LogP contribution in [0.15, 0.2) is 21.5 Å². The summed E-state index contributed by atoms with van der Waals surface area (Å²) in [5.74, 6) is 0.695. The van der Waals surface area contributed by atoms with E-state index in [-0.39, 0.29) is 17.7 Å². The molecule has 1 aromatic heterocycles. The molecule has 6 nitrogen and oxygen atoms in total. The van der Waals surface area contributed by atoms with E-state index >= 15 is 0 Å². The lowest BCUT2D eigenvalue weighted by Crippen LogP contribution is -2.38. The van der Waals surface area contributed by atoms with E-state index < -0.39 is 0 Å². The zero-order valence-electron chi connectivity index (χ0n) is 10.3. The van der Waals surface area contributed by atoms with E-state index in [1.165, 1.54) is 12.3 Å². The molecule has 0 spiro atoms. The summed E-state index contributed by atoms with van der Waals surface area (Å²) in [6, 6.07) is 1.37. The Morgan fingerprint density at radius 2 is 2.17 bits per heavy atom. The normalized spacial score (nSPS) is 16.7. The number of ether oxygens (including phenoxy) is 2. The fourth-order valence-corrected chi connectivity index (χ4v) is 1.76. The van der Waals surface area contributed by atoms with Crippen molar-refractivity contribution in [1.82, 2.24) is 4.90 Å². The summed E-state index contributed by atoms with van der Waals surface area (Å²) in [4.78, 5) is 13.8. The highest BCUT2D eigenvalue weighted by atomic mass is 16.5. The van der Waals surface area contributed by atoms with Gasteiger partial charge in [-0.05, 0) is 0 Å². The van der Waals surface area contributed by atoms with Crippen LogP contribution in [0.25, 0.3) is 0 Å². The molecule has 100 valence electrons. The maximum atomic E-state index is 11.6. The van der Waals surface area contributed by atoms with Gasteiger partial charge in [0.15, 0.2) is 0 Å². The van der Waals surface area contributed by atoms with E-state index in [0.717, 1.165) is 32.8 Å². The van der Waals surface area contributed by atoms with E-state index in [9.17, 15) is 4.79 Å². The zero-order chi connectivity index (χ0) is 12.8. The Hall–Kier alpha value is -1.37. The number of nitrogens with two attached hydrogens (primary N) is 1. The number of morpholine rings is 1. The van der Waals surface area contributed by atoms with Crippen LogP contribution in [-0.4, -0.2) is 44.4 Å². The van der Waals surface area contributed by atoms with Crippen LogP contribution in [0.5, 0.6) is 5.75 Å².